The first-order chi connectivity index (χ1) is 16.3. The lowest BCUT2D eigenvalue weighted by molar-refractivity contribution is -0.123. The van der Waals surface area contributed by atoms with E-state index in [1.165, 1.54) is 5.56 Å². The molecule has 176 valence electrons. The Morgan fingerprint density at radius 3 is 2.18 bits per heavy atom. The maximum absolute atomic E-state index is 12.7. The number of amides is 2. The molecule has 0 radical (unpaired) electrons. The number of nitrogens with one attached hydrogen (secondary N) is 2. The summed E-state index contributed by atoms with van der Waals surface area (Å²) in [6.45, 7) is 8.17. The van der Waals surface area contributed by atoms with Gasteiger partial charge < -0.3 is 10.1 Å². The fourth-order valence-electron chi connectivity index (χ4n) is 3.26. The fourth-order valence-corrected chi connectivity index (χ4v) is 3.26. The largest absolute Gasteiger partial charge is 0.488 e. The summed E-state index contributed by atoms with van der Waals surface area (Å²) in [5, 5.41) is 6.91. The minimum Gasteiger partial charge on any atom is -0.488 e. The van der Waals surface area contributed by atoms with Crippen LogP contribution in [0.3, 0.4) is 0 Å². The van der Waals surface area contributed by atoms with Gasteiger partial charge in [-0.15, -0.1) is 0 Å². The highest BCUT2D eigenvalue weighted by Gasteiger charge is 2.24. The minimum absolute atomic E-state index is 0.116. The number of para-hydroxylation sites is 1. The van der Waals surface area contributed by atoms with E-state index in [0.29, 0.717) is 17.9 Å². The molecular weight excluding hydrogens is 426 g/mol. The van der Waals surface area contributed by atoms with Crippen molar-refractivity contribution < 1.29 is 14.3 Å². The standard InChI is InChI=1S/C28H31N3O3/c1-19(2)26(30-27(32)23-15-11-21(4)12-16-23)28(33)31-29-17-24-7-5-6-8-25(24)34-18-22-13-9-20(3)10-14-22/h5-17,19,26H,18H2,1-4H3,(H,30,32)(H,31,33)/b29-17+. The Morgan fingerprint density at radius 2 is 1.53 bits per heavy atom. The molecule has 0 bridgehead atoms. The van der Waals surface area contributed by atoms with E-state index in [-0.39, 0.29) is 17.7 Å². The maximum Gasteiger partial charge on any atom is 0.262 e. The SMILES string of the molecule is Cc1ccc(COc2ccccc2/C=N/NC(=O)C(NC(=O)c2ccc(C)cc2)C(C)C)cc1. The van der Waals surface area contributed by atoms with Crippen molar-refractivity contribution in [1.29, 1.82) is 0 Å². The number of hydrogen-bond acceptors (Lipinski definition) is 4. The smallest absolute Gasteiger partial charge is 0.262 e. The predicted molar refractivity (Wildman–Crippen MR) is 135 cm³/mol. The lowest BCUT2D eigenvalue weighted by Crippen LogP contribution is -2.48. The zero-order valence-electron chi connectivity index (χ0n) is 20.0. The van der Waals surface area contributed by atoms with Crippen LogP contribution < -0.4 is 15.5 Å². The van der Waals surface area contributed by atoms with E-state index in [1.807, 2.05) is 88.4 Å². The monoisotopic (exact) mass is 457 g/mol. The summed E-state index contributed by atoms with van der Waals surface area (Å²) in [4.78, 5) is 25.3. The van der Waals surface area contributed by atoms with Crippen LogP contribution in [0.2, 0.25) is 0 Å². The van der Waals surface area contributed by atoms with Crippen molar-refractivity contribution in [3.8, 4) is 5.75 Å². The number of aryl methyl sites for hydroxylation is 2. The molecule has 3 aromatic carbocycles. The van der Waals surface area contributed by atoms with Gasteiger partial charge in [0, 0.05) is 11.1 Å². The number of rotatable bonds is 9. The average molecular weight is 458 g/mol. The van der Waals surface area contributed by atoms with Crippen LogP contribution in [0.4, 0.5) is 0 Å². The van der Waals surface area contributed by atoms with E-state index >= 15 is 0 Å². The van der Waals surface area contributed by atoms with Gasteiger partial charge in [-0.05, 0) is 49.6 Å². The molecule has 2 amide bonds. The fraction of sp³-hybridized carbons (Fsp3) is 0.250. The molecule has 0 saturated carbocycles. The van der Waals surface area contributed by atoms with Crippen LogP contribution in [0.25, 0.3) is 0 Å². The van der Waals surface area contributed by atoms with Gasteiger partial charge in [0.25, 0.3) is 11.8 Å². The second kappa shape index (κ2) is 11.8. The number of ether oxygens (including phenoxy) is 1. The normalized spacial score (nSPS) is 11.9. The number of hydrogen-bond donors (Lipinski definition) is 2. The number of hydrazone groups is 1. The summed E-state index contributed by atoms with van der Waals surface area (Å²) in [5.41, 5.74) is 7.11. The Labute approximate surface area is 201 Å². The zero-order valence-corrected chi connectivity index (χ0v) is 20.0. The molecule has 6 heteroatoms. The predicted octanol–water partition coefficient (Wildman–Crippen LogP) is 4.79. The summed E-state index contributed by atoms with van der Waals surface area (Å²) in [6, 6.07) is 22.1. The molecule has 0 fully saturated rings. The minimum atomic E-state index is -0.723. The Morgan fingerprint density at radius 1 is 0.912 bits per heavy atom. The molecule has 2 N–H and O–H groups in total. The third-order valence-corrected chi connectivity index (χ3v) is 5.36. The molecule has 0 aliphatic carbocycles. The lowest BCUT2D eigenvalue weighted by Gasteiger charge is -2.20. The van der Waals surface area contributed by atoms with Crippen molar-refractivity contribution in [3.05, 3.63) is 101 Å². The molecule has 0 saturated heterocycles. The molecule has 0 aliphatic heterocycles. The number of carbonyl (C=O) groups excluding carboxylic acids is 2. The van der Waals surface area contributed by atoms with Gasteiger partial charge in [-0.1, -0.05) is 73.5 Å². The van der Waals surface area contributed by atoms with Crippen molar-refractivity contribution in [3.63, 3.8) is 0 Å². The van der Waals surface area contributed by atoms with Crippen LogP contribution in [0.1, 0.15) is 46.5 Å². The Balaban J connectivity index is 1.61. The van der Waals surface area contributed by atoms with Crippen molar-refractivity contribution >= 4 is 18.0 Å². The molecule has 0 aromatic heterocycles. The van der Waals surface area contributed by atoms with Crippen LogP contribution in [-0.4, -0.2) is 24.1 Å². The first kappa shape index (κ1) is 24.7. The van der Waals surface area contributed by atoms with Gasteiger partial charge in [-0.2, -0.15) is 5.10 Å². The van der Waals surface area contributed by atoms with Crippen molar-refractivity contribution in [2.24, 2.45) is 11.0 Å². The highest BCUT2D eigenvalue weighted by Crippen LogP contribution is 2.18. The van der Waals surface area contributed by atoms with Crippen molar-refractivity contribution in [1.82, 2.24) is 10.7 Å². The highest BCUT2D eigenvalue weighted by molar-refractivity contribution is 5.97. The molecule has 0 aliphatic rings. The molecule has 6 nitrogen and oxygen atoms in total. The summed E-state index contributed by atoms with van der Waals surface area (Å²) in [7, 11) is 0. The Bertz CT molecular complexity index is 1140. The van der Waals surface area contributed by atoms with Crippen LogP contribution >= 0.6 is 0 Å². The van der Waals surface area contributed by atoms with E-state index in [1.54, 1.807) is 18.3 Å². The molecule has 3 rings (SSSR count). The van der Waals surface area contributed by atoms with E-state index < -0.39 is 6.04 Å². The molecule has 0 spiro atoms. The van der Waals surface area contributed by atoms with Gasteiger partial charge in [0.15, 0.2) is 0 Å². The molecule has 34 heavy (non-hydrogen) atoms. The molecule has 3 aromatic rings. The number of nitrogens with zero attached hydrogens (tertiary/aromatic N) is 1. The maximum atomic E-state index is 12.7. The Kier molecular flexibility index (Phi) is 8.57. The molecule has 1 unspecified atom stereocenters. The summed E-state index contributed by atoms with van der Waals surface area (Å²) in [6.07, 6.45) is 1.54. The van der Waals surface area contributed by atoms with E-state index in [9.17, 15) is 9.59 Å². The lowest BCUT2D eigenvalue weighted by atomic mass is 10.0. The second-order valence-corrected chi connectivity index (χ2v) is 8.61. The van der Waals surface area contributed by atoms with Gasteiger partial charge in [0.2, 0.25) is 0 Å². The van der Waals surface area contributed by atoms with E-state index in [2.05, 4.69) is 15.8 Å². The van der Waals surface area contributed by atoms with Crippen LogP contribution in [0, 0.1) is 19.8 Å². The number of carbonyl (C=O) groups is 2. The second-order valence-electron chi connectivity index (χ2n) is 8.61. The average Bonchev–Trinajstić information content (AvgIpc) is 2.83. The third-order valence-electron chi connectivity index (χ3n) is 5.36. The molecule has 1 atom stereocenters. The van der Waals surface area contributed by atoms with E-state index in [4.69, 9.17) is 4.74 Å². The van der Waals surface area contributed by atoms with E-state index in [0.717, 1.165) is 16.7 Å². The van der Waals surface area contributed by atoms with Gasteiger partial charge in [0.1, 0.15) is 18.4 Å². The summed E-state index contributed by atoms with van der Waals surface area (Å²) < 4.78 is 5.96. The van der Waals surface area contributed by atoms with Gasteiger partial charge in [-0.3, -0.25) is 9.59 Å². The van der Waals surface area contributed by atoms with Crippen molar-refractivity contribution in [2.45, 2.75) is 40.3 Å². The Hall–Kier alpha value is -3.93. The summed E-state index contributed by atoms with van der Waals surface area (Å²) >= 11 is 0. The number of benzene rings is 3. The van der Waals surface area contributed by atoms with Gasteiger partial charge in [0.05, 0.1) is 6.21 Å². The topological polar surface area (TPSA) is 79.8 Å². The highest BCUT2D eigenvalue weighted by atomic mass is 16.5. The van der Waals surface area contributed by atoms with Gasteiger partial charge in [-0.25, -0.2) is 5.43 Å². The quantitative estimate of drug-likeness (QED) is 0.358. The van der Waals surface area contributed by atoms with Gasteiger partial charge >= 0.3 is 0 Å². The molecular formula is C28H31N3O3. The third kappa shape index (κ3) is 7.04. The molecule has 0 heterocycles. The van der Waals surface area contributed by atoms with Crippen LogP contribution in [0.15, 0.2) is 77.9 Å². The summed E-state index contributed by atoms with van der Waals surface area (Å²) in [5.74, 6) is -0.138. The zero-order chi connectivity index (χ0) is 24.5. The van der Waals surface area contributed by atoms with Crippen LogP contribution in [-0.2, 0) is 11.4 Å². The van der Waals surface area contributed by atoms with Crippen LogP contribution in [0.5, 0.6) is 5.75 Å². The van der Waals surface area contributed by atoms with Crippen molar-refractivity contribution in [2.75, 3.05) is 0 Å². The first-order valence-corrected chi connectivity index (χ1v) is 11.3. The first-order valence-electron chi connectivity index (χ1n) is 11.3.